The average molecular weight is 315 g/mol. The van der Waals surface area contributed by atoms with Gasteiger partial charge < -0.3 is 10.4 Å². The van der Waals surface area contributed by atoms with Gasteiger partial charge in [0.15, 0.2) is 4.34 Å². The number of anilines is 1. The summed E-state index contributed by atoms with van der Waals surface area (Å²) in [6, 6.07) is 0. The van der Waals surface area contributed by atoms with E-state index in [1.165, 1.54) is 11.3 Å². The zero-order chi connectivity index (χ0) is 15.1. The molecule has 0 aromatic carbocycles. The number of nitrogens with one attached hydrogen (secondary N) is 1. The average Bonchev–Trinajstić information content (AvgIpc) is 2.65. The summed E-state index contributed by atoms with van der Waals surface area (Å²) in [4.78, 5) is 22.7. The first-order valence-electron chi connectivity index (χ1n) is 6.15. The van der Waals surface area contributed by atoms with Gasteiger partial charge in [0, 0.05) is 5.92 Å². The summed E-state index contributed by atoms with van der Waals surface area (Å²) < 4.78 is 0.539. The van der Waals surface area contributed by atoms with Crippen molar-refractivity contribution in [2.24, 2.45) is 16.7 Å². The maximum Gasteiger partial charge on any atom is 0.313 e. The number of carboxylic acid groups (broad SMARTS) is 1. The molecule has 110 valence electrons. The van der Waals surface area contributed by atoms with E-state index in [1.54, 1.807) is 0 Å². The highest BCUT2D eigenvalue weighted by Gasteiger charge is 2.68. The van der Waals surface area contributed by atoms with Crippen molar-refractivity contribution < 1.29 is 14.7 Å². The van der Waals surface area contributed by atoms with Crippen LogP contribution in [-0.2, 0) is 9.59 Å². The van der Waals surface area contributed by atoms with Gasteiger partial charge in [-0.15, -0.1) is 10.2 Å². The fourth-order valence-electron chi connectivity index (χ4n) is 2.47. The minimum Gasteiger partial charge on any atom is -0.481 e. The van der Waals surface area contributed by atoms with E-state index >= 15 is 0 Å². The third-order valence-corrected chi connectivity index (χ3v) is 6.20. The first-order valence-corrected chi connectivity index (χ1v) is 7.95. The predicted octanol–water partition coefficient (Wildman–Crippen LogP) is 2.34. The molecule has 1 aliphatic rings. The van der Waals surface area contributed by atoms with E-state index in [9.17, 15) is 9.59 Å². The first kappa shape index (κ1) is 15.2. The second kappa shape index (κ2) is 5.00. The lowest BCUT2D eigenvalue weighted by molar-refractivity contribution is -0.133. The van der Waals surface area contributed by atoms with Crippen LogP contribution in [-0.4, -0.2) is 32.9 Å². The van der Waals surface area contributed by atoms with E-state index in [1.807, 2.05) is 0 Å². The fourth-order valence-corrected chi connectivity index (χ4v) is 3.95. The molecule has 2 rings (SSSR count). The van der Waals surface area contributed by atoms with Crippen molar-refractivity contribution in [1.29, 1.82) is 0 Å². The third kappa shape index (κ3) is 2.67. The summed E-state index contributed by atoms with van der Waals surface area (Å²) in [5, 5.41) is 19.5. The van der Waals surface area contributed by atoms with E-state index in [2.05, 4.69) is 43.2 Å². The van der Waals surface area contributed by atoms with Gasteiger partial charge in [-0.25, -0.2) is 0 Å². The Morgan fingerprint density at radius 2 is 1.90 bits per heavy atom. The molecule has 0 radical (unpaired) electrons. The lowest BCUT2D eigenvalue weighted by atomic mass is 10.0. The molecule has 1 aliphatic carbocycles. The highest BCUT2D eigenvalue weighted by Crippen LogP contribution is 2.68. The van der Waals surface area contributed by atoms with Crippen LogP contribution < -0.4 is 5.32 Å². The molecule has 0 aliphatic heterocycles. The second-order valence-electron chi connectivity index (χ2n) is 5.92. The number of carboxylic acids is 1. The van der Waals surface area contributed by atoms with Gasteiger partial charge in [0.2, 0.25) is 11.0 Å². The normalized spacial score (nSPS) is 19.6. The van der Waals surface area contributed by atoms with Gasteiger partial charge in [0.05, 0.1) is 5.75 Å². The molecule has 1 aromatic rings. The van der Waals surface area contributed by atoms with Crippen molar-refractivity contribution in [1.82, 2.24) is 10.2 Å². The minimum absolute atomic E-state index is 0.0251. The molecule has 0 saturated heterocycles. The monoisotopic (exact) mass is 315 g/mol. The summed E-state index contributed by atoms with van der Waals surface area (Å²) in [5.74, 6) is -1.07. The molecule has 2 N–H and O–H groups in total. The van der Waals surface area contributed by atoms with E-state index in [0.717, 1.165) is 11.8 Å². The van der Waals surface area contributed by atoms with Gasteiger partial charge in [-0.1, -0.05) is 50.8 Å². The largest absolute Gasteiger partial charge is 0.481 e. The van der Waals surface area contributed by atoms with Crippen LogP contribution >= 0.6 is 23.1 Å². The smallest absolute Gasteiger partial charge is 0.313 e. The topological polar surface area (TPSA) is 92.2 Å². The van der Waals surface area contributed by atoms with Crippen LogP contribution in [0.1, 0.15) is 27.7 Å². The van der Waals surface area contributed by atoms with E-state index in [0.29, 0.717) is 9.47 Å². The molecule has 1 saturated carbocycles. The summed E-state index contributed by atoms with van der Waals surface area (Å²) in [7, 11) is 0. The number of hydrogen-bond acceptors (Lipinski definition) is 6. The van der Waals surface area contributed by atoms with Crippen LogP contribution in [0.2, 0.25) is 0 Å². The SMILES string of the molecule is CC1(C)C(C(=O)Nc2nnc(SCC(=O)O)s2)C1(C)C. The molecule has 8 heteroatoms. The van der Waals surface area contributed by atoms with Gasteiger partial charge in [0.1, 0.15) is 0 Å². The van der Waals surface area contributed by atoms with Crippen molar-refractivity contribution >= 4 is 40.1 Å². The van der Waals surface area contributed by atoms with E-state index < -0.39 is 5.97 Å². The number of hydrogen-bond donors (Lipinski definition) is 2. The Labute approximate surface area is 125 Å². The zero-order valence-corrected chi connectivity index (χ0v) is 13.4. The molecule has 20 heavy (non-hydrogen) atoms. The highest BCUT2D eigenvalue weighted by atomic mass is 32.2. The van der Waals surface area contributed by atoms with Crippen LogP contribution in [0.15, 0.2) is 4.34 Å². The maximum absolute atomic E-state index is 12.2. The molecule has 1 fully saturated rings. The predicted molar refractivity (Wildman–Crippen MR) is 78.0 cm³/mol. The van der Waals surface area contributed by atoms with Crippen molar-refractivity contribution in [3.8, 4) is 0 Å². The van der Waals surface area contributed by atoms with E-state index in [4.69, 9.17) is 5.11 Å². The van der Waals surface area contributed by atoms with Gasteiger partial charge in [-0.05, 0) is 10.8 Å². The molecule has 1 aromatic heterocycles. The Morgan fingerprint density at radius 1 is 1.30 bits per heavy atom. The van der Waals surface area contributed by atoms with Crippen LogP contribution in [0.5, 0.6) is 0 Å². The van der Waals surface area contributed by atoms with Crippen molar-refractivity contribution in [3.05, 3.63) is 0 Å². The zero-order valence-electron chi connectivity index (χ0n) is 11.8. The molecular formula is C12H17N3O3S2. The Bertz CT molecular complexity index is 540. The fraction of sp³-hybridized carbons (Fsp3) is 0.667. The number of aliphatic carboxylic acids is 1. The summed E-state index contributed by atoms with van der Waals surface area (Å²) in [6.45, 7) is 8.30. The number of thioether (sulfide) groups is 1. The van der Waals surface area contributed by atoms with Crippen molar-refractivity contribution in [2.45, 2.75) is 32.0 Å². The molecule has 1 heterocycles. The molecular weight excluding hydrogens is 298 g/mol. The van der Waals surface area contributed by atoms with Crippen molar-refractivity contribution in [2.75, 3.05) is 11.1 Å². The van der Waals surface area contributed by atoms with Crippen LogP contribution in [0, 0.1) is 16.7 Å². The Balaban J connectivity index is 1.95. The number of carbonyl (C=O) groups excluding carboxylic acids is 1. The maximum atomic E-state index is 12.2. The molecule has 1 amide bonds. The Morgan fingerprint density at radius 3 is 2.40 bits per heavy atom. The Kier molecular flexibility index (Phi) is 3.81. The minimum atomic E-state index is -0.905. The van der Waals surface area contributed by atoms with Crippen LogP contribution in [0.25, 0.3) is 0 Å². The van der Waals surface area contributed by atoms with Gasteiger partial charge in [-0.3, -0.25) is 9.59 Å². The molecule has 0 bridgehead atoms. The van der Waals surface area contributed by atoms with Gasteiger partial charge in [0.25, 0.3) is 0 Å². The number of amides is 1. The van der Waals surface area contributed by atoms with Crippen molar-refractivity contribution in [3.63, 3.8) is 0 Å². The first-order chi connectivity index (χ1) is 9.16. The lowest BCUT2D eigenvalue weighted by Crippen LogP contribution is -2.17. The number of aromatic nitrogens is 2. The number of rotatable bonds is 5. The van der Waals surface area contributed by atoms with Crippen LogP contribution in [0.3, 0.4) is 0 Å². The number of nitrogens with zero attached hydrogens (tertiary/aromatic N) is 2. The highest BCUT2D eigenvalue weighted by molar-refractivity contribution is 8.01. The van der Waals surface area contributed by atoms with Crippen LogP contribution in [0.4, 0.5) is 5.13 Å². The standard InChI is InChI=1S/C12H17N3O3S2/c1-11(2)7(12(11,3)4)8(18)13-9-14-15-10(20-9)19-5-6(16)17/h7H,5H2,1-4H3,(H,16,17)(H,13,14,18). The quantitative estimate of drug-likeness (QED) is 0.640. The van der Waals surface area contributed by atoms with Gasteiger partial charge in [-0.2, -0.15) is 0 Å². The lowest BCUT2D eigenvalue weighted by Gasteiger charge is -2.03. The van der Waals surface area contributed by atoms with Gasteiger partial charge >= 0.3 is 5.97 Å². The molecule has 0 atom stereocenters. The second-order valence-corrected chi connectivity index (χ2v) is 8.12. The summed E-state index contributed by atoms with van der Waals surface area (Å²) in [6.07, 6.45) is 0. The number of carbonyl (C=O) groups is 2. The third-order valence-electron chi connectivity index (χ3n) is 4.24. The molecule has 0 unspecified atom stereocenters. The summed E-state index contributed by atoms with van der Waals surface area (Å²) >= 11 is 2.29. The van der Waals surface area contributed by atoms with E-state index in [-0.39, 0.29) is 28.4 Å². The Hall–Kier alpha value is -1.15. The summed E-state index contributed by atoms with van der Waals surface area (Å²) in [5.41, 5.74) is -0.0503. The molecule has 6 nitrogen and oxygen atoms in total. The molecule has 0 spiro atoms.